The summed E-state index contributed by atoms with van der Waals surface area (Å²) in [4.78, 5) is 2.34. The first-order chi connectivity index (χ1) is 9.60. The molecule has 0 bridgehead atoms. The molecule has 2 rings (SSSR count). The second-order valence-electron chi connectivity index (χ2n) is 5.96. The van der Waals surface area contributed by atoms with Crippen LogP contribution in [0.2, 0.25) is 0 Å². The van der Waals surface area contributed by atoms with Crippen molar-refractivity contribution >= 4 is 0 Å². The maximum atomic E-state index is 10.5. The molecule has 1 aliphatic rings. The van der Waals surface area contributed by atoms with E-state index in [0.717, 1.165) is 38.3 Å². The Bertz CT molecular complexity index is 427. The van der Waals surface area contributed by atoms with E-state index in [0.29, 0.717) is 12.5 Å². The number of aliphatic hydroxyl groups is 1. The smallest absolute Gasteiger partial charge is 0.0919 e. The number of hydrogen-bond donors (Lipinski definition) is 1. The maximum absolute atomic E-state index is 10.5. The Morgan fingerprint density at radius 1 is 1.40 bits per heavy atom. The first kappa shape index (κ1) is 15.5. The normalized spacial score (nSPS) is 20.6. The minimum absolute atomic E-state index is 0.405. The second-order valence-corrected chi connectivity index (χ2v) is 5.96. The maximum Gasteiger partial charge on any atom is 0.0919 e. The topological polar surface area (TPSA) is 32.7 Å². The highest BCUT2D eigenvalue weighted by atomic mass is 16.5. The third kappa shape index (κ3) is 4.05. The van der Waals surface area contributed by atoms with Crippen LogP contribution in [0.5, 0.6) is 0 Å². The van der Waals surface area contributed by atoms with E-state index < -0.39 is 6.10 Å². The highest BCUT2D eigenvalue weighted by Crippen LogP contribution is 2.21. The molecule has 3 nitrogen and oxygen atoms in total. The van der Waals surface area contributed by atoms with Gasteiger partial charge in [0.1, 0.15) is 0 Å². The molecule has 2 atom stereocenters. The standard InChI is InChI=1S/C17H27NO2/c1-4-18(10-15-7-8-20-12-15)11-17(19)16-9-13(2)5-6-14(16)3/h5-6,9,15,17,19H,4,7-8,10-12H2,1-3H3/t15-,17-/m0/s1. The van der Waals surface area contributed by atoms with Gasteiger partial charge in [-0.1, -0.05) is 30.7 Å². The zero-order valence-electron chi connectivity index (χ0n) is 12.9. The highest BCUT2D eigenvalue weighted by molar-refractivity contribution is 5.32. The molecule has 0 radical (unpaired) electrons. The third-order valence-electron chi connectivity index (χ3n) is 4.21. The van der Waals surface area contributed by atoms with E-state index in [2.05, 4.69) is 43.9 Å². The summed E-state index contributed by atoms with van der Waals surface area (Å²) in [7, 11) is 0. The zero-order valence-corrected chi connectivity index (χ0v) is 12.9. The van der Waals surface area contributed by atoms with Gasteiger partial charge in [-0.25, -0.2) is 0 Å². The lowest BCUT2D eigenvalue weighted by Crippen LogP contribution is -2.33. The molecule has 1 aromatic rings. The number of rotatable bonds is 6. The van der Waals surface area contributed by atoms with Crippen molar-refractivity contribution < 1.29 is 9.84 Å². The molecule has 1 fully saturated rings. The number of ether oxygens (including phenoxy) is 1. The summed E-state index contributed by atoms with van der Waals surface area (Å²) in [5.74, 6) is 0.626. The molecule has 1 aliphatic heterocycles. The molecule has 0 spiro atoms. The molecular weight excluding hydrogens is 250 g/mol. The minimum atomic E-state index is -0.405. The van der Waals surface area contributed by atoms with Crippen LogP contribution in [0.15, 0.2) is 18.2 Å². The molecule has 3 heteroatoms. The Labute approximate surface area is 122 Å². The van der Waals surface area contributed by atoms with E-state index in [4.69, 9.17) is 4.74 Å². The number of aliphatic hydroxyl groups excluding tert-OH is 1. The lowest BCUT2D eigenvalue weighted by Gasteiger charge is -2.26. The van der Waals surface area contributed by atoms with Gasteiger partial charge in [-0.15, -0.1) is 0 Å². The van der Waals surface area contributed by atoms with Crippen molar-refractivity contribution in [2.45, 2.75) is 33.3 Å². The first-order valence-corrected chi connectivity index (χ1v) is 7.65. The van der Waals surface area contributed by atoms with Gasteiger partial charge in [-0.3, -0.25) is 0 Å². The summed E-state index contributed by atoms with van der Waals surface area (Å²) < 4.78 is 5.44. The van der Waals surface area contributed by atoms with Gasteiger partial charge in [0.05, 0.1) is 12.7 Å². The number of aryl methyl sites for hydroxylation is 2. The largest absolute Gasteiger partial charge is 0.387 e. The molecule has 0 aromatic heterocycles. The van der Waals surface area contributed by atoms with Gasteiger partial charge in [-0.05, 0) is 43.9 Å². The molecule has 0 aliphatic carbocycles. The quantitative estimate of drug-likeness (QED) is 0.868. The average molecular weight is 277 g/mol. The second kappa shape index (κ2) is 7.21. The van der Waals surface area contributed by atoms with Crippen molar-refractivity contribution in [2.75, 3.05) is 32.8 Å². The summed E-state index contributed by atoms with van der Waals surface area (Å²) in [5, 5.41) is 10.5. The van der Waals surface area contributed by atoms with Crippen molar-refractivity contribution in [3.8, 4) is 0 Å². The summed E-state index contributed by atoms with van der Waals surface area (Å²) in [6, 6.07) is 6.29. The molecule has 1 heterocycles. The van der Waals surface area contributed by atoms with Gasteiger partial charge in [0.15, 0.2) is 0 Å². The lowest BCUT2D eigenvalue weighted by molar-refractivity contribution is 0.101. The average Bonchev–Trinajstić information content (AvgIpc) is 2.93. The van der Waals surface area contributed by atoms with Gasteiger partial charge in [0.25, 0.3) is 0 Å². The Morgan fingerprint density at radius 2 is 2.20 bits per heavy atom. The van der Waals surface area contributed by atoms with E-state index in [9.17, 15) is 5.11 Å². The fraction of sp³-hybridized carbons (Fsp3) is 0.647. The number of hydrogen-bond acceptors (Lipinski definition) is 3. The number of nitrogens with zero attached hydrogens (tertiary/aromatic N) is 1. The minimum Gasteiger partial charge on any atom is -0.387 e. The summed E-state index contributed by atoms with van der Waals surface area (Å²) >= 11 is 0. The van der Waals surface area contributed by atoms with Crippen LogP contribution in [0, 0.1) is 19.8 Å². The van der Waals surface area contributed by atoms with Crippen molar-refractivity contribution in [1.82, 2.24) is 4.90 Å². The molecule has 0 saturated carbocycles. The van der Waals surface area contributed by atoms with Gasteiger partial charge < -0.3 is 14.7 Å². The van der Waals surface area contributed by atoms with Gasteiger partial charge in [-0.2, -0.15) is 0 Å². The van der Waals surface area contributed by atoms with Crippen LogP contribution >= 0.6 is 0 Å². The van der Waals surface area contributed by atoms with Crippen LogP contribution in [0.4, 0.5) is 0 Å². The molecular formula is C17H27NO2. The predicted octanol–water partition coefficient (Wildman–Crippen LogP) is 2.70. The zero-order chi connectivity index (χ0) is 14.5. The van der Waals surface area contributed by atoms with E-state index >= 15 is 0 Å². The van der Waals surface area contributed by atoms with Crippen molar-refractivity contribution in [1.29, 1.82) is 0 Å². The SMILES string of the molecule is CCN(C[C@@H]1CCOC1)C[C@H](O)c1cc(C)ccc1C. The fourth-order valence-electron chi connectivity index (χ4n) is 2.89. The van der Waals surface area contributed by atoms with Crippen LogP contribution in [0.1, 0.15) is 36.1 Å². The molecule has 0 amide bonds. The molecule has 112 valence electrons. The first-order valence-electron chi connectivity index (χ1n) is 7.65. The van der Waals surface area contributed by atoms with Crippen LogP contribution in [0.25, 0.3) is 0 Å². The lowest BCUT2D eigenvalue weighted by atomic mass is 10.00. The van der Waals surface area contributed by atoms with Gasteiger partial charge in [0.2, 0.25) is 0 Å². The van der Waals surface area contributed by atoms with Crippen LogP contribution in [0.3, 0.4) is 0 Å². The summed E-state index contributed by atoms with van der Waals surface area (Å²) in [6.45, 7) is 10.8. The van der Waals surface area contributed by atoms with Crippen molar-refractivity contribution in [2.24, 2.45) is 5.92 Å². The Hall–Kier alpha value is -0.900. The Kier molecular flexibility index (Phi) is 5.58. The monoisotopic (exact) mass is 277 g/mol. The van der Waals surface area contributed by atoms with Crippen LogP contribution < -0.4 is 0 Å². The molecule has 1 N–H and O–H groups in total. The van der Waals surface area contributed by atoms with Gasteiger partial charge in [0, 0.05) is 19.7 Å². The van der Waals surface area contributed by atoms with Gasteiger partial charge >= 0.3 is 0 Å². The summed E-state index contributed by atoms with van der Waals surface area (Å²) in [5.41, 5.74) is 3.44. The van der Waals surface area contributed by atoms with E-state index in [1.54, 1.807) is 0 Å². The fourth-order valence-corrected chi connectivity index (χ4v) is 2.89. The third-order valence-corrected chi connectivity index (χ3v) is 4.21. The number of likely N-dealkylation sites (N-methyl/N-ethyl adjacent to an activating group) is 1. The van der Waals surface area contributed by atoms with E-state index in [-0.39, 0.29) is 0 Å². The molecule has 0 unspecified atom stereocenters. The van der Waals surface area contributed by atoms with Crippen molar-refractivity contribution in [3.63, 3.8) is 0 Å². The van der Waals surface area contributed by atoms with Crippen LogP contribution in [-0.4, -0.2) is 42.9 Å². The Balaban J connectivity index is 1.97. The number of benzene rings is 1. The van der Waals surface area contributed by atoms with E-state index in [1.165, 1.54) is 11.1 Å². The van der Waals surface area contributed by atoms with E-state index in [1.807, 2.05) is 0 Å². The predicted molar refractivity (Wildman–Crippen MR) is 81.9 cm³/mol. The van der Waals surface area contributed by atoms with Crippen molar-refractivity contribution in [3.05, 3.63) is 34.9 Å². The van der Waals surface area contributed by atoms with Crippen LogP contribution in [-0.2, 0) is 4.74 Å². The molecule has 20 heavy (non-hydrogen) atoms. The summed E-state index contributed by atoms with van der Waals surface area (Å²) in [6.07, 6.45) is 0.743. The highest BCUT2D eigenvalue weighted by Gasteiger charge is 2.21. The molecule has 1 saturated heterocycles. The molecule has 1 aromatic carbocycles. The Morgan fingerprint density at radius 3 is 2.85 bits per heavy atom.